The van der Waals surface area contributed by atoms with Gasteiger partial charge in [0.25, 0.3) is 0 Å². The summed E-state index contributed by atoms with van der Waals surface area (Å²) >= 11 is 1.56. The number of aromatic nitrogens is 3. The van der Waals surface area contributed by atoms with Crippen LogP contribution in [-0.2, 0) is 17.8 Å². The van der Waals surface area contributed by atoms with Crippen LogP contribution in [0.25, 0.3) is 11.4 Å². The van der Waals surface area contributed by atoms with Crippen LogP contribution in [0, 0.1) is 6.92 Å². The maximum atomic E-state index is 12.7. The Morgan fingerprint density at radius 1 is 1.10 bits per heavy atom. The molecule has 0 unspecified atom stereocenters. The molecule has 5 nitrogen and oxygen atoms in total. The van der Waals surface area contributed by atoms with Crippen LogP contribution in [0.4, 0.5) is 5.69 Å². The van der Waals surface area contributed by atoms with E-state index in [9.17, 15) is 4.79 Å². The summed E-state index contributed by atoms with van der Waals surface area (Å²) in [5.41, 5.74) is 2.99. The van der Waals surface area contributed by atoms with Gasteiger partial charge in [-0.3, -0.25) is 4.79 Å². The Balaban J connectivity index is 1.47. The lowest BCUT2D eigenvalue weighted by atomic mass is 10.2. The second-order valence-electron chi connectivity index (χ2n) is 7.55. The van der Waals surface area contributed by atoms with Crippen molar-refractivity contribution in [3.05, 3.63) is 59.9 Å². The van der Waals surface area contributed by atoms with Gasteiger partial charge in [-0.2, -0.15) is 0 Å². The van der Waals surface area contributed by atoms with Crippen molar-refractivity contribution in [3.8, 4) is 11.4 Å². The number of carbonyl (C=O) groups excluding carboxylic acids is 1. The number of hydrogen-bond acceptors (Lipinski definition) is 4. The van der Waals surface area contributed by atoms with Crippen LogP contribution in [0.15, 0.2) is 53.4 Å². The zero-order chi connectivity index (χ0) is 20.2. The Bertz CT molecular complexity index is 996. The summed E-state index contributed by atoms with van der Waals surface area (Å²) in [7, 11) is 0. The van der Waals surface area contributed by atoms with Crippen molar-refractivity contribution in [1.29, 1.82) is 0 Å². The zero-order valence-corrected chi connectivity index (χ0v) is 17.7. The lowest BCUT2D eigenvalue weighted by Crippen LogP contribution is -2.22. The minimum absolute atomic E-state index is 0.00667. The summed E-state index contributed by atoms with van der Waals surface area (Å²) in [6.07, 6.45) is 4.54. The van der Waals surface area contributed by atoms with Crippen LogP contribution in [0.2, 0.25) is 0 Å². The molecule has 0 fully saturated rings. The van der Waals surface area contributed by atoms with Crippen molar-refractivity contribution >= 4 is 23.4 Å². The van der Waals surface area contributed by atoms with E-state index in [1.165, 1.54) is 18.4 Å². The van der Waals surface area contributed by atoms with Crippen molar-refractivity contribution in [1.82, 2.24) is 14.8 Å². The van der Waals surface area contributed by atoms with Gasteiger partial charge in [-0.25, -0.2) is 0 Å². The number of aryl methyl sites for hydroxylation is 2. The Morgan fingerprint density at radius 3 is 2.76 bits per heavy atom. The first-order valence-electron chi connectivity index (χ1n) is 10.2. The predicted molar refractivity (Wildman–Crippen MR) is 118 cm³/mol. The molecule has 2 aromatic carbocycles. The Hall–Kier alpha value is -2.60. The van der Waals surface area contributed by atoms with Gasteiger partial charge in [0.1, 0.15) is 5.82 Å². The van der Waals surface area contributed by atoms with Gasteiger partial charge in [-0.15, -0.1) is 22.0 Å². The van der Waals surface area contributed by atoms with Gasteiger partial charge in [0.15, 0.2) is 5.82 Å². The van der Waals surface area contributed by atoms with E-state index in [0.29, 0.717) is 0 Å². The molecular formula is C23H26N4OS. The highest BCUT2D eigenvalue weighted by Gasteiger charge is 2.18. The SMILES string of the molecule is Cc1ccc(S[C@@H](C)C(=O)Nc2cccc(-c3nnc4n3CCCCC4)c2)cc1. The molecule has 1 aromatic heterocycles. The van der Waals surface area contributed by atoms with Crippen LogP contribution < -0.4 is 5.32 Å². The van der Waals surface area contributed by atoms with E-state index in [2.05, 4.69) is 51.3 Å². The van der Waals surface area contributed by atoms with Gasteiger partial charge >= 0.3 is 0 Å². The Kier molecular flexibility index (Phi) is 6.00. The van der Waals surface area contributed by atoms with Crippen LogP contribution in [0.5, 0.6) is 0 Å². The Labute approximate surface area is 175 Å². The average Bonchev–Trinajstić information content (AvgIpc) is 2.98. The zero-order valence-electron chi connectivity index (χ0n) is 16.9. The number of fused-ring (bicyclic) bond motifs is 1. The number of carbonyl (C=O) groups is 1. The van der Waals surface area contributed by atoms with Gasteiger partial charge in [0.05, 0.1) is 5.25 Å². The highest BCUT2D eigenvalue weighted by molar-refractivity contribution is 8.00. The fraction of sp³-hybridized carbons (Fsp3) is 0.348. The van der Waals surface area contributed by atoms with E-state index in [0.717, 1.165) is 47.2 Å². The molecule has 1 atom stereocenters. The third-order valence-corrected chi connectivity index (χ3v) is 6.31. The number of rotatable bonds is 5. The van der Waals surface area contributed by atoms with Crippen LogP contribution in [0.3, 0.4) is 0 Å². The fourth-order valence-electron chi connectivity index (χ4n) is 3.55. The van der Waals surface area contributed by atoms with Crippen LogP contribution in [-0.4, -0.2) is 25.9 Å². The molecule has 0 spiro atoms. The fourth-order valence-corrected chi connectivity index (χ4v) is 4.42. The van der Waals surface area contributed by atoms with Crippen molar-refractivity contribution in [2.75, 3.05) is 5.32 Å². The molecule has 2 heterocycles. The van der Waals surface area contributed by atoms with Crippen molar-refractivity contribution < 1.29 is 4.79 Å². The monoisotopic (exact) mass is 406 g/mol. The molecule has 1 aliphatic heterocycles. The summed E-state index contributed by atoms with van der Waals surface area (Å²) in [4.78, 5) is 13.8. The van der Waals surface area contributed by atoms with E-state index >= 15 is 0 Å². The molecule has 4 rings (SSSR count). The number of anilines is 1. The second kappa shape index (κ2) is 8.82. The van der Waals surface area contributed by atoms with E-state index in [1.807, 2.05) is 31.2 Å². The first kappa shape index (κ1) is 19.7. The van der Waals surface area contributed by atoms with Crippen molar-refractivity contribution in [2.45, 2.75) is 56.2 Å². The molecule has 6 heteroatoms. The molecule has 1 aliphatic rings. The number of nitrogens with zero attached hydrogens (tertiary/aromatic N) is 3. The van der Waals surface area contributed by atoms with E-state index < -0.39 is 0 Å². The van der Waals surface area contributed by atoms with Gasteiger partial charge in [0, 0.05) is 29.1 Å². The van der Waals surface area contributed by atoms with E-state index in [-0.39, 0.29) is 11.2 Å². The predicted octanol–water partition coefficient (Wildman–Crippen LogP) is 5.10. The van der Waals surface area contributed by atoms with Crippen molar-refractivity contribution in [2.24, 2.45) is 0 Å². The average molecular weight is 407 g/mol. The van der Waals surface area contributed by atoms with Gasteiger partial charge in [0.2, 0.25) is 5.91 Å². The number of nitrogens with one attached hydrogen (secondary N) is 1. The Morgan fingerprint density at radius 2 is 1.93 bits per heavy atom. The smallest absolute Gasteiger partial charge is 0.237 e. The first-order valence-corrected chi connectivity index (χ1v) is 11.0. The standard InChI is InChI=1S/C23H26N4OS/c1-16-10-12-20(13-11-16)29-17(2)23(28)24-19-8-6-7-18(15-19)22-26-25-21-9-4-3-5-14-27(21)22/h6-8,10-13,15,17H,3-5,9,14H2,1-2H3,(H,24,28)/t17-/m0/s1. The lowest BCUT2D eigenvalue weighted by molar-refractivity contribution is -0.115. The molecule has 3 aromatic rings. The molecule has 29 heavy (non-hydrogen) atoms. The molecule has 0 bridgehead atoms. The quantitative estimate of drug-likeness (QED) is 0.599. The van der Waals surface area contributed by atoms with E-state index in [1.54, 1.807) is 11.8 Å². The first-order chi connectivity index (χ1) is 14.1. The summed E-state index contributed by atoms with van der Waals surface area (Å²) in [5, 5.41) is 11.7. The maximum absolute atomic E-state index is 12.7. The summed E-state index contributed by atoms with van der Waals surface area (Å²) in [6, 6.07) is 16.1. The number of thioether (sulfide) groups is 1. The van der Waals surface area contributed by atoms with Gasteiger partial charge in [-0.1, -0.05) is 36.2 Å². The third kappa shape index (κ3) is 4.70. The van der Waals surface area contributed by atoms with Crippen LogP contribution >= 0.6 is 11.8 Å². The highest BCUT2D eigenvalue weighted by atomic mass is 32.2. The normalized spacial score (nSPS) is 14.7. The number of benzene rings is 2. The number of hydrogen-bond donors (Lipinski definition) is 1. The lowest BCUT2D eigenvalue weighted by Gasteiger charge is -2.13. The summed E-state index contributed by atoms with van der Waals surface area (Å²) < 4.78 is 2.23. The van der Waals surface area contributed by atoms with Crippen LogP contribution in [0.1, 0.15) is 37.6 Å². The summed E-state index contributed by atoms with van der Waals surface area (Å²) in [5.74, 6) is 1.95. The number of amides is 1. The molecule has 0 aliphatic carbocycles. The molecule has 0 radical (unpaired) electrons. The topological polar surface area (TPSA) is 59.8 Å². The molecular weight excluding hydrogens is 380 g/mol. The second-order valence-corrected chi connectivity index (χ2v) is 8.96. The minimum atomic E-state index is -0.189. The summed E-state index contributed by atoms with van der Waals surface area (Å²) in [6.45, 7) is 4.95. The molecule has 1 amide bonds. The molecule has 150 valence electrons. The molecule has 1 N–H and O–H groups in total. The molecule has 0 saturated carbocycles. The molecule has 0 saturated heterocycles. The third-order valence-electron chi connectivity index (χ3n) is 5.20. The van der Waals surface area contributed by atoms with E-state index in [4.69, 9.17) is 0 Å². The van der Waals surface area contributed by atoms with Crippen molar-refractivity contribution in [3.63, 3.8) is 0 Å². The maximum Gasteiger partial charge on any atom is 0.237 e. The largest absolute Gasteiger partial charge is 0.325 e. The minimum Gasteiger partial charge on any atom is -0.325 e. The highest BCUT2D eigenvalue weighted by Crippen LogP contribution is 2.27. The van der Waals surface area contributed by atoms with Gasteiger partial charge in [-0.05, 0) is 51.0 Å². The van der Waals surface area contributed by atoms with Gasteiger partial charge < -0.3 is 9.88 Å².